The largest absolute Gasteiger partial charge is 1.00 e. The molecule has 3 aromatic carbocycles. The van der Waals surface area contributed by atoms with E-state index in [-0.39, 0.29) is 61.2 Å². The number of aliphatic hydroxyl groups is 3. The van der Waals surface area contributed by atoms with Gasteiger partial charge in [0.1, 0.15) is 28.7 Å². The van der Waals surface area contributed by atoms with Crippen molar-refractivity contribution in [3.05, 3.63) is 115 Å². The molecule has 5 aliphatic heterocycles. The zero-order chi connectivity index (χ0) is 95.0. The molecule has 0 radical (unpaired) electrons. The molecule has 23 nitrogen and oxygen atoms in total. The van der Waals surface area contributed by atoms with Gasteiger partial charge in [-0.25, -0.2) is 10.1 Å². The van der Waals surface area contributed by atoms with Crippen LogP contribution in [0, 0.1) is 35.5 Å². The number of phenolic OH excluding ortho intramolecular Hbond substituents is 1. The second-order valence-electron chi connectivity index (χ2n) is 36.2. The van der Waals surface area contributed by atoms with Crippen molar-refractivity contribution in [2.45, 2.75) is 352 Å². The van der Waals surface area contributed by atoms with Crippen LogP contribution in [0.2, 0.25) is 0 Å². The van der Waals surface area contributed by atoms with Crippen LogP contribution >= 0.6 is 35.6 Å². The first-order chi connectivity index (χ1) is 64.8. The summed E-state index contributed by atoms with van der Waals surface area (Å²) in [4.78, 5) is 22.3. The molecule has 0 spiro atoms. The molecule has 5 heterocycles. The first-order valence-corrected chi connectivity index (χ1v) is 52.2. The van der Waals surface area contributed by atoms with Gasteiger partial charge in [-0.15, -0.1) is 35.6 Å². The standard InChI is InChI=1S/C19H26O5.C19H28O4.C13H24O2.C13H24O.C12H22O3.C7H8O2.C7H12O.C6H13Cl.C5H11ClO.C5H8O.CH2O3.ClH.Na.H/c20-19(21)15-5-7-16(8-6-15)23-11-3-1-2-10-22-13-14-4-9-17-18(12-14)24-17;1-20-16-6-8-17(9-7-16)22-12-4-2-3-11-21-14-15-5-10-18-19(13-15)23-18;1-2-3-4-5-8-14-10-11-6-7-12-13(9-11)15-12;1-2-3-4-8-11-14-12-13-9-6-5-7-10-13;13-6-2-1-3-7-14-9-10-4-5-11-12(8-10)15-11;1-9-7-4-2-6(8)3-5-7;8-6-7-4-2-1-3-5-7;1-2-3-4-5-6-7;6-4-2-1-3-5-7;1-2-4-6-5-3-1;2-1-4-3;;;/h5-8,14,17-18H,1-4,9-13H2,(H,20,21);6-9,15,18-19H,2-5,10-14H2,1H3;11-13H,2-10H2,1H3;5-6,13H,2-4,7-12H2,1H3;10-13H,1-9H2;2-5,8H,1H3;1-2,7-8H,3-6H2;2-6H2,1H3;7H,1-5H2;2,4H,1,3,5H2;1,3H;1H;;/q;;;;;;;;;;;;+1;-1. The number of carbonyl (C=O) groups is 2. The predicted octanol–water partition coefficient (Wildman–Crippen LogP) is 21.6. The van der Waals surface area contributed by atoms with Gasteiger partial charge in [-0.2, -0.15) is 0 Å². The molecule has 0 amide bonds. The fourth-order valence-electron chi connectivity index (χ4n) is 16.3. The van der Waals surface area contributed by atoms with E-state index in [4.69, 9.17) is 125 Å². The number of fused-ring (bicyclic) bond motifs is 4. The number of unbranched alkanes of at least 4 members (excludes halogenated alkanes) is 17. The van der Waals surface area contributed by atoms with Crippen molar-refractivity contribution in [3.8, 4) is 28.7 Å². The van der Waals surface area contributed by atoms with Crippen molar-refractivity contribution in [2.24, 2.45) is 35.5 Å². The Balaban J connectivity index is 0.000000768. The molecule has 768 valence electrons. The number of carboxylic acids is 1. The minimum Gasteiger partial charge on any atom is -1.00 e. The van der Waals surface area contributed by atoms with Crippen molar-refractivity contribution >= 4 is 48.1 Å². The zero-order valence-electron chi connectivity index (χ0n) is 84.2. The van der Waals surface area contributed by atoms with Gasteiger partial charge in [0.05, 0.1) is 94.7 Å². The molecule has 4 saturated carbocycles. The van der Waals surface area contributed by atoms with Crippen LogP contribution in [0.1, 0.15) is 315 Å². The molecule has 4 saturated heterocycles. The first-order valence-electron chi connectivity index (χ1n) is 51.1. The average Bonchev–Trinajstić information content (AvgIpc) is 1.68. The van der Waals surface area contributed by atoms with E-state index in [0.717, 1.165) is 222 Å². The number of carboxylic acid groups (broad SMARTS) is 1. The third-order valence-corrected chi connectivity index (χ3v) is 25.3. The number of carbonyl (C=O) groups excluding carboxylic acids is 1. The van der Waals surface area contributed by atoms with Crippen molar-refractivity contribution in [3.63, 3.8) is 0 Å². The molecule has 8 fully saturated rings. The number of hydrogen-bond donors (Lipinski definition) is 6. The number of aliphatic hydroxyl groups excluding tert-OH is 3. The van der Waals surface area contributed by atoms with Gasteiger partial charge in [-0.05, 0) is 339 Å². The topological polar surface area (TPSA) is 307 Å². The second kappa shape index (κ2) is 87.9. The van der Waals surface area contributed by atoms with E-state index in [9.17, 15) is 4.79 Å². The van der Waals surface area contributed by atoms with Gasteiger partial charge in [0.15, 0.2) is 0 Å². The SMILES string of the molecule is C1=COCCC1.CCCCCCCl.CCCCCCOCC1CC=CCC1.CCCCCCOCC1CCC2OC2C1.COc1ccc(O)cc1.COc1ccc(OCCCCCOCC2CCC3OC3C2)cc1.Cl.O=C(O)c1ccc(OCCCCCOCC2CCC3OC3C2)cc1.O=COO.OCC1CC=CCC1.OCCCCCCl.OCCCCCOCC1CCC2OC2C1.[H-].[Na+]. The first kappa shape index (κ1) is 126. The van der Waals surface area contributed by atoms with E-state index in [2.05, 4.69) is 50.0 Å². The Morgan fingerprint density at radius 1 is 0.403 bits per heavy atom. The second-order valence-corrected chi connectivity index (χ2v) is 36.9. The summed E-state index contributed by atoms with van der Waals surface area (Å²) in [6, 6.07) is 20.8. The monoisotopic (exact) mass is 1960 g/mol. The summed E-state index contributed by atoms with van der Waals surface area (Å²) < 4.78 is 77.0. The minimum absolute atomic E-state index is 0. The number of aromatic carboxylic acids is 1. The quantitative estimate of drug-likeness (QED) is 0.00447. The van der Waals surface area contributed by atoms with E-state index in [0.29, 0.717) is 92.8 Å². The average molecular weight is 1960 g/mol. The van der Waals surface area contributed by atoms with Crippen LogP contribution < -0.4 is 48.5 Å². The summed E-state index contributed by atoms with van der Waals surface area (Å²) in [5.74, 6) is 8.40. The molecule has 134 heavy (non-hydrogen) atoms. The molecule has 27 heteroatoms. The fourth-order valence-corrected chi connectivity index (χ4v) is 16.7. The molecule has 14 unspecified atom stereocenters. The maximum Gasteiger partial charge on any atom is 1.00 e. The van der Waals surface area contributed by atoms with Gasteiger partial charge >= 0.3 is 42.0 Å². The molecule has 3 aromatic rings. The number of halogens is 3. The maximum absolute atomic E-state index is 10.8. The number of alkyl halides is 2. The van der Waals surface area contributed by atoms with Gasteiger partial charge in [0.2, 0.25) is 0 Å². The third kappa shape index (κ3) is 69.0. The number of methoxy groups -OCH3 is 2. The Hall–Kier alpha value is -4.03. The number of phenols is 1. The Bertz CT molecular complexity index is 3150. The van der Waals surface area contributed by atoms with Crippen LogP contribution in [0.15, 0.2) is 109 Å². The predicted molar refractivity (Wildman–Crippen MR) is 536 cm³/mol. The molecule has 0 aromatic heterocycles. The minimum atomic E-state index is -0.917. The van der Waals surface area contributed by atoms with Gasteiger partial charge < -0.3 is 98.2 Å². The normalized spacial score (nSPS) is 23.0. The third-order valence-electron chi connectivity index (χ3n) is 24.7. The van der Waals surface area contributed by atoms with E-state index in [1.807, 2.05) is 30.3 Å². The fraction of sp³-hybridized carbons (Fsp3) is 0.757. The van der Waals surface area contributed by atoms with Gasteiger partial charge in [-0.1, -0.05) is 103 Å². The number of aromatic hydroxyl groups is 1. The van der Waals surface area contributed by atoms with Crippen LogP contribution in [0.3, 0.4) is 0 Å². The smallest absolute Gasteiger partial charge is 1.00 e. The van der Waals surface area contributed by atoms with E-state index >= 15 is 0 Å². The van der Waals surface area contributed by atoms with Crippen LogP contribution in [0.4, 0.5) is 0 Å². The van der Waals surface area contributed by atoms with Gasteiger partial charge in [-0.3, -0.25) is 4.79 Å². The number of allylic oxidation sites excluding steroid dienone is 5. The van der Waals surface area contributed by atoms with Crippen molar-refractivity contribution in [1.82, 2.24) is 0 Å². The van der Waals surface area contributed by atoms with Gasteiger partial charge in [0.25, 0.3) is 0 Å². The number of hydrogen-bond acceptors (Lipinski definition) is 22. The Kier molecular flexibility index (Phi) is 82.7. The number of benzene rings is 3. The number of ether oxygens (including phenoxy) is 14. The van der Waals surface area contributed by atoms with Crippen molar-refractivity contribution in [2.75, 3.05) is 132 Å². The molecule has 0 bridgehead atoms. The molecule has 6 aliphatic carbocycles. The van der Waals surface area contributed by atoms with Gasteiger partial charge in [0, 0.05) is 97.6 Å². The van der Waals surface area contributed by atoms with Crippen LogP contribution in [-0.2, 0) is 57.1 Å². The molecule has 6 N–H and O–H groups in total. The molecular formula is C107H180Cl3NaO23. The molecular weight excluding hydrogens is 1780 g/mol. The zero-order valence-corrected chi connectivity index (χ0v) is 87.5. The summed E-state index contributed by atoms with van der Waals surface area (Å²) in [6.45, 7) is 19.0. The van der Waals surface area contributed by atoms with E-state index in [1.54, 1.807) is 69.0 Å². The summed E-state index contributed by atoms with van der Waals surface area (Å²) >= 11 is 10.8. The van der Waals surface area contributed by atoms with Crippen LogP contribution in [0.25, 0.3) is 0 Å². The van der Waals surface area contributed by atoms with Crippen LogP contribution in [0.5, 0.6) is 28.7 Å². The molecule has 14 atom stereocenters. The summed E-state index contributed by atoms with van der Waals surface area (Å²) in [5.41, 5.74) is 0.279. The van der Waals surface area contributed by atoms with E-state index < -0.39 is 5.97 Å². The van der Waals surface area contributed by atoms with Crippen LogP contribution in [-0.4, -0.2) is 224 Å². The van der Waals surface area contributed by atoms with E-state index in [1.165, 1.54) is 193 Å². The summed E-state index contributed by atoms with van der Waals surface area (Å²) in [6.07, 6.45) is 70.0. The van der Waals surface area contributed by atoms with Crippen molar-refractivity contribution in [1.29, 1.82) is 0 Å². The summed E-state index contributed by atoms with van der Waals surface area (Å²) in [7, 11) is 3.26. The summed E-state index contributed by atoms with van der Waals surface area (Å²) in [5, 5.41) is 50.1. The molecule has 11 aliphatic rings. The molecule has 14 rings (SSSR count). The number of rotatable bonds is 52. The Morgan fingerprint density at radius 2 is 0.731 bits per heavy atom. The number of epoxide rings is 4. The van der Waals surface area contributed by atoms with Crippen molar-refractivity contribution < 1.29 is 143 Å². The maximum atomic E-state index is 10.8. The Morgan fingerprint density at radius 3 is 1.01 bits per heavy atom. The Labute approximate surface area is 847 Å².